The summed E-state index contributed by atoms with van der Waals surface area (Å²) in [7, 11) is 1.22. The van der Waals surface area contributed by atoms with Crippen molar-refractivity contribution in [2.24, 2.45) is 0 Å². The van der Waals surface area contributed by atoms with Gasteiger partial charge in [-0.2, -0.15) is 5.10 Å². The Balaban J connectivity index is 2.76. The fourth-order valence-corrected chi connectivity index (χ4v) is 1.02. The number of ether oxygens (including phenoxy) is 1. The van der Waals surface area contributed by atoms with Gasteiger partial charge in [0.2, 0.25) is 0 Å². The number of carboxylic acids is 1. The van der Waals surface area contributed by atoms with Gasteiger partial charge in [-0.05, 0) is 0 Å². The van der Waals surface area contributed by atoms with Gasteiger partial charge in [-0.1, -0.05) is 0 Å². The van der Waals surface area contributed by atoms with Crippen LogP contribution >= 0.6 is 0 Å². The van der Waals surface area contributed by atoms with E-state index in [1.165, 1.54) is 18.0 Å². The third kappa shape index (κ3) is 2.70. The second-order valence-electron chi connectivity index (χ2n) is 2.83. The topological polar surface area (TPSA) is 107 Å². The van der Waals surface area contributed by atoms with Crippen LogP contribution in [0.4, 0.5) is 5.69 Å². The largest absolute Gasteiger partial charge is 0.481 e. The average Bonchev–Trinajstić information content (AvgIpc) is 2.55. The van der Waals surface area contributed by atoms with Crippen molar-refractivity contribution in [2.75, 3.05) is 12.8 Å². The number of rotatable bonds is 4. The van der Waals surface area contributed by atoms with Gasteiger partial charge in [-0.15, -0.1) is 0 Å². The van der Waals surface area contributed by atoms with Crippen LogP contribution in [-0.4, -0.2) is 33.9 Å². The van der Waals surface area contributed by atoms with Crippen molar-refractivity contribution in [3.63, 3.8) is 0 Å². The molecule has 3 N–H and O–H groups in total. The van der Waals surface area contributed by atoms with E-state index in [0.717, 1.165) is 0 Å². The van der Waals surface area contributed by atoms with Crippen LogP contribution in [0.3, 0.4) is 0 Å². The Morgan fingerprint density at radius 2 is 2.33 bits per heavy atom. The Kier molecular flexibility index (Phi) is 3.27. The standard InChI is InChI=1S/C8H11N3O4/c1-15-8(14)7-5(9)4-11(10-7)3-2-6(12)13/h4H,2-3,9H2,1H3,(H,12,13). The zero-order valence-electron chi connectivity index (χ0n) is 8.14. The first-order chi connectivity index (χ1) is 7.04. The number of aryl methyl sites for hydroxylation is 1. The molecule has 7 heteroatoms. The number of carbonyl (C=O) groups is 2. The summed E-state index contributed by atoms with van der Waals surface area (Å²) >= 11 is 0. The van der Waals surface area contributed by atoms with Crippen molar-refractivity contribution in [3.05, 3.63) is 11.9 Å². The molecule has 0 saturated carbocycles. The van der Waals surface area contributed by atoms with Gasteiger partial charge in [0.15, 0.2) is 5.69 Å². The maximum Gasteiger partial charge on any atom is 0.360 e. The predicted octanol–water partition coefficient (Wildman–Crippen LogP) is -0.273. The molecule has 0 unspecified atom stereocenters. The summed E-state index contributed by atoms with van der Waals surface area (Å²) in [5.41, 5.74) is 5.67. The van der Waals surface area contributed by atoms with E-state index in [2.05, 4.69) is 9.84 Å². The molecule has 0 bridgehead atoms. The molecule has 1 aromatic rings. The van der Waals surface area contributed by atoms with Gasteiger partial charge in [0.1, 0.15) is 0 Å². The molecule has 7 nitrogen and oxygen atoms in total. The zero-order chi connectivity index (χ0) is 11.4. The molecular weight excluding hydrogens is 202 g/mol. The molecular formula is C8H11N3O4. The average molecular weight is 213 g/mol. The number of methoxy groups -OCH3 is 1. The first-order valence-corrected chi connectivity index (χ1v) is 4.17. The smallest absolute Gasteiger partial charge is 0.360 e. The van der Waals surface area contributed by atoms with Gasteiger partial charge in [0.05, 0.1) is 25.8 Å². The lowest BCUT2D eigenvalue weighted by Gasteiger charge is -1.96. The molecule has 0 aliphatic carbocycles. The first kappa shape index (κ1) is 11.0. The van der Waals surface area contributed by atoms with Crippen LogP contribution in [0.15, 0.2) is 6.20 Å². The lowest BCUT2D eigenvalue weighted by molar-refractivity contribution is -0.137. The summed E-state index contributed by atoms with van der Waals surface area (Å²) in [6.45, 7) is 0.163. The van der Waals surface area contributed by atoms with Crippen molar-refractivity contribution >= 4 is 17.6 Å². The van der Waals surface area contributed by atoms with E-state index in [1.54, 1.807) is 0 Å². The fraction of sp³-hybridized carbons (Fsp3) is 0.375. The molecule has 0 aliphatic rings. The Hall–Kier alpha value is -2.05. The zero-order valence-corrected chi connectivity index (χ0v) is 8.14. The molecule has 0 aliphatic heterocycles. The minimum Gasteiger partial charge on any atom is -0.481 e. The number of hydrogen-bond acceptors (Lipinski definition) is 5. The third-order valence-corrected chi connectivity index (χ3v) is 1.72. The molecule has 15 heavy (non-hydrogen) atoms. The molecule has 1 heterocycles. The Morgan fingerprint density at radius 3 is 2.87 bits per heavy atom. The van der Waals surface area contributed by atoms with Crippen molar-refractivity contribution in [1.29, 1.82) is 0 Å². The molecule has 0 atom stereocenters. The second-order valence-corrected chi connectivity index (χ2v) is 2.83. The normalized spacial score (nSPS) is 9.93. The van der Waals surface area contributed by atoms with Crippen molar-refractivity contribution in [1.82, 2.24) is 9.78 Å². The van der Waals surface area contributed by atoms with Gasteiger partial charge in [-0.25, -0.2) is 4.79 Å². The van der Waals surface area contributed by atoms with E-state index >= 15 is 0 Å². The number of carbonyl (C=O) groups excluding carboxylic acids is 1. The predicted molar refractivity (Wildman–Crippen MR) is 50.2 cm³/mol. The molecule has 0 amide bonds. The molecule has 1 rings (SSSR count). The number of nitrogens with zero attached hydrogens (tertiary/aromatic N) is 2. The number of nitrogens with two attached hydrogens (primary N) is 1. The van der Waals surface area contributed by atoms with E-state index in [9.17, 15) is 9.59 Å². The molecule has 82 valence electrons. The van der Waals surface area contributed by atoms with Gasteiger partial charge in [-0.3, -0.25) is 9.48 Å². The van der Waals surface area contributed by atoms with Crippen LogP contribution in [-0.2, 0) is 16.1 Å². The number of hydrogen-bond donors (Lipinski definition) is 2. The van der Waals surface area contributed by atoms with Crippen LogP contribution in [0.5, 0.6) is 0 Å². The molecule has 1 aromatic heterocycles. The molecule has 0 saturated heterocycles. The first-order valence-electron chi connectivity index (χ1n) is 4.17. The summed E-state index contributed by atoms with van der Waals surface area (Å²) in [5, 5.41) is 12.2. The van der Waals surface area contributed by atoms with Crippen molar-refractivity contribution < 1.29 is 19.4 Å². The lowest BCUT2D eigenvalue weighted by Crippen LogP contribution is -2.08. The SMILES string of the molecule is COC(=O)c1nn(CCC(=O)O)cc1N. The van der Waals surface area contributed by atoms with E-state index in [0.29, 0.717) is 0 Å². The number of nitrogen functional groups attached to an aromatic ring is 1. The van der Waals surface area contributed by atoms with E-state index < -0.39 is 11.9 Å². The number of carboxylic acid groups (broad SMARTS) is 1. The number of anilines is 1. The van der Waals surface area contributed by atoms with Crippen LogP contribution in [0.25, 0.3) is 0 Å². The Bertz CT molecular complexity index is 385. The number of aromatic nitrogens is 2. The molecule has 0 radical (unpaired) electrons. The van der Waals surface area contributed by atoms with Gasteiger partial charge >= 0.3 is 11.9 Å². The summed E-state index contributed by atoms with van der Waals surface area (Å²) in [4.78, 5) is 21.4. The van der Waals surface area contributed by atoms with Crippen molar-refractivity contribution in [2.45, 2.75) is 13.0 Å². The van der Waals surface area contributed by atoms with E-state index in [-0.39, 0.29) is 24.3 Å². The van der Waals surface area contributed by atoms with Crippen molar-refractivity contribution in [3.8, 4) is 0 Å². The highest BCUT2D eigenvalue weighted by atomic mass is 16.5. The van der Waals surface area contributed by atoms with Gasteiger partial charge in [0.25, 0.3) is 0 Å². The maximum absolute atomic E-state index is 11.1. The Morgan fingerprint density at radius 1 is 1.67 bits per heavy atom. The number of aliphatic carboxylic acids is 1. The molecule has 0 aromatic carbocycles. The molecule has 0 fully saturated rings. The Labute approximate surface area is 85.4 Å². The van der Waals surface area contributed by atoms with Gasteiger partial charge < -0.3 is 15.6 Å². The molecule has 0 spiro atoms. The van der Waals surface area contributed by atoms with Crippen LogP contribution in [0.2, 0.25) is 0 Å². The monoisotopic (exact) mass is 213 g/mol. The van der Waals surface area contributed by atoms with Crippen LogP contribution in [0.1, 0.15) is 16.9 Å². The maximum atomic E-state index is 11.1. The lowest BCUT2D eigenvalue weighted by atomic mass is 10.4. The quantitative estimate of drug-likeness (QED) is 0.666. The minimum absolute atomic E-state index is 0.00267. The van der Waals surface area contributed by atoms with Crippen LogP contribution < -0.4 is 5.73 Å². The third-order valence-electron chi connectivity index (χ3n) is 1.72. The van der Waals surface area contributed by atoms with E-state index in [4.69, 9.17) is 10.8 Å². The minimum atomic E-state index is -0.941. The van der Waals surface area contributed by atoms with Crippen LogP contribution in [0, 0.1) is 0 Å². The highest BCUT2D eigenvalue weighted by Crippen LogP contribution is 2.10. The highest BCUT2D eigenvalue weighted by molar-refractivity contribution is 5.92. The van der Waals surface area contributed by atoms with Gasteiger partial charge in [0, 0.05) is 6.20 Å². The fourth-order valence-electron chi connectivity index (χ4n) is 1.02. The summed E-state index contributed by atoms with van der Waals surface area (Å²) < 4.78 is 5.75. The number of esters is 1. The summed E-state index contributed by atoms with van der Waals surface area (Å²) in [6, 6.07) is 0. The second kappa shape index (κ2) is 4.45. The summed E-state index contributed by atoms with van der Waals surface area (Å²) in [5.74, 6) is -1.58. The highest BCUT2D eigenvalue weighted by Gasteiger charge is 2.15. The van der Waals surface area contributed by atoms with E-state index in [1.807, 2.05) is 0 Å². The summed E-state index contributed by atoms with van der Waals surface area (Å²) in [6.07, 6.45) is 1.32.